The molecule has 1 aromatic rings. The molecule has 0 spiro atoms. The Labute approximate surface area is 182 Å². The minimum absolute atomic E-state index is 0.00969. The van der Waals surface area contributed by atoms with E-state index in [2.05, 4.69) is 16.3 Å². The fraction of sp³-hybridized carbons (Fsp3) is 0.667. The molecule has 1 unspecified atom stereocenters. The van der Waals surface area contributed by atoms with Gasteiger partial charge < -0.3 is 15.0 Å². The van der Waals surface area contributed by atoms with E-state index in [0.29, 0.717) is 19.0 Å². The van der Waals surface area contributed by atoms with E-state index in [1.54, 1.807) is 0 Å². The number of hydrogen-bond acceptors (Lipinski definition) is 4. The predicted molar refractivity (Wildman–Crippen MR) is 122 cm³/mol. The highest BCUT2D eigenvalue weighted by molar-refractivity contribution is 5.93. The topological polar surface area (TPSA) is 61.9 Å². The van der Waals surface area contributed by atoms with Crippen molar-refractivity contribution in [2.45, 2.75) is 73.0 Å². The first-order chi connectivity index (χ1) is 13.9. The second-order valence-corrected chi connectivity index (χ2v) is 9.84. The lowest BCUT2D eigenvalue weighted by atomic mass is 9.97. The summed E-state index contributed by atoms with van der Waals surface area (Å²) in [6, 6.07) is 6.12. The molecule has 1 N–H and O–H groups in total. The van der Waals surface area contributed by atoms with Gasteiger partial charge in [0, 0.05) is 24.8 Å². The number of nitrogens with zero attached hydrogens (tertiary/aromatic N) is 2. The molecular formula is C24H39N3O3. The van der Waals surface area contributed by atoms with Gasteiger partial charge in [0.2, 0.25) is 5.91 Å². The van der Waals surface area contributed by atoms with Gasteiger partial charge in [0.25, 0.3) is 0 Å². The summed E-state index contributed by atoms with van der Waals surface area (Å²) in [5, 5.41) is 3.04. The SMILES string of the molecule is Cc1ccc(NC(=O)CN2CCCC(CN(C(=O)OC(C)(C)C)C(C)C)C2)c(C)c1. The fourth-order valence-electron chi connectivity index (χ4n) is 3.89. The number of carbonyl (C=O) groups excluding carboxylic acids is 2. The molecule has 6 heteroatoms. The molecular weight excluding hydrogens is 378 g/mol. The minimum Gasteiger partial charge on any atom is -0.444 e. The fourth-order valence-corrected chi connectivity index (χ4v) is 3.89. The minimum atomic E-state index is -0.505. The Bertz CT molecular complexity index is 740. The molecule has 30 heavy (non-hydrogen) atoms. The van der Waals surface area contributed by atoms with Crippen LogP contribution in [0.4, 0.5) is 10.5 Å². The number of piperidine rings is 1. The second-order valence-electron chi connectivity index (χ2n) is 9.84. The van der Waals surface area contributed by atoms with Crippen molar-refractivity contribution < 1.29 is 14.3 Å². The van der Waals surface area contributed by atoms with Gasteiger partial charge in [-0.1, -0.05) is 17.7 Å². The average molecular weight is 418 g/mol. The van der Waals surface area contributed by atoms with Crippen LogP contribution in [0.2, 0.25) is 0 Å². The van der Waals surface area contributed by atoms with Crippen LogP contribution in [-0.4, -0.2) is 59.6 Å². The summed E-state index contributed by atoms with van der Waals surface area (Å²) in [6.45, 7) is 16.5. The molecule has 0 radical (unpaired) electrons. The highest BCUT2D eigenvalue weighted by Gasteiger charge is 2.29. The lowest BCUT2D eigenvalue weighted by molar-refractivity contribution is -0.117. The van der Waals surface area contributed by atoms with E-state index in [4.69, 9.17) is 4.74 Å². The van der Waals surface area contributed by atoms with Crippen molar-refractivity contribution in [1.29, 1.82) is 0 Å². The van der Waals surface area contributed by atoms with E-state index >= 15 is 0 Å². The standard InChI is InChI=1S/C24H39N3O3/c1-17(2)27(23(29)30-24(5,6)7)15-20-9-8-12-26(14-20)16-22(28)25-21-11-10-18(3)13-19(21)4/h10-11,13,17,20H,8-9,12,14-16H2,1-7H3,(H,25,28). The van der Waals surface area contributed by atoms with Crippen LogP contribution in [0.5, 0.6) is 0 Å². The zero-order valence-electron chi connectivity index (χ0n) is 19.7. The van der Waals surface area contributed by atoms with E-state index in [1.807, 2.05) is 65.5 Å². The van der Waals surface area contributed by atoms with Crippen LogP contribution in [0, 0.1) is 19.8 Å². The maximum Gasteiger partial charge on any atom is 0.410 e. The Morgan fingerprint density at radius 3 is 2.57 bits per heavy atom. The number of aryl methyl sites for hydroxylation is 2. The molecule has 6 nitrogen and oxygen atoms in total. The summed E-state index contributed by atoms with van der Waals surface area (Å²) in [5.74, 6) is 0.345. The molecule has 0 aliphatic carbocycles. The van der Waals surface area contributed by atoms with E-state index in [1.165, 1.54) is 5.56 Å². The smallest absolute Gasteiger partial charge is 0.410 e. The van der Waals surface area contributed by atoms with Gasteiger partial charge in [-0.25, -0.2) is 4.79 Å². The third kappa shape index (κ3) is 7.63. The van der Waals surface area contributed by atoms with Crippen molar-refractivity contribution in [1.82, 2.24) is 9.80 Å². The molecule has 1 aromatic carbocycles. The van der Waals surface area contributed by atoms with Crippen molar-refractivity contribution in [3.8, 4) is 0 Å². The van der Waals surface area contributed by atoms with Crippen molar-refractivity contribution >= 4 is 17.7 Å². The van der Waals surface area contributed by atoms with Gasteiger partial charge in [-0.15, -0.1) is 0 Å². The summed E-state index contributed by atoms with van der Waals surface area (Å²) < 4.78 is 5.59. The summed E-state index contributed by atoms with van der Waals surface area (Å²) in [5.41, 5.74) is 2.62. The molecule has 1 atom stereocenters. The maximum atomic E-state index is 12.6. The van der Waals surface area contributed by atoms with Crippen LogP contribution in [0.3, 0.4) is 0 Å². The monoisotopic (exact) mass is 417 g/mol. The van der Waals surface area contributed by atoms with Crippen molar-refractivity contribution in [3.05, 3.63) is 29.3 Å². The number of hydrogen-bond donors (Lipinski definition) is 1. The van der Waals surface area contributed by atoms with Crippen molar-refractivity contribution in [3.63, 3.8) is 0 Å². The van der Waals surface area contributed by atoms with Crippen LogP contribution in [0.15, 0.2) is 18.2 Å². The Morgan fingerprint density at radius 1 is 1.27 bits per heavy atom. The third-order valence-corrected chi connectivity index (χ3v) is 5.33. The number of anilines is 1. The second kappa shape index (κ2) is 10.3. The van der Waals surface area contributed by atoms with Crippen molar-refractivity contribution in [2.24, 2.45) is 5.92 Å². The van der Waals surface area contributed by atoms with Gasteiger partial charge >= 0.3 is 6.09 Å². The lowest BCUT2D eigenvalue weighted by Gasteiger charge is -2.37. The number of rotatable bonds is 6. The van der Waals surface area contributed by atoms with E-state index < -0.39 is 5.60 Å². The lowest BCUT2D eigenvalue weighted by Crippen LogP contribution is -2.48. The normalized spacial score (nSPS) is 17.7. The molecule has 0 aromatic heterocycles. The summed E-state index contributed by atoms with van der Waals surface area (Å²) >= 11 is 0. The molecule has 2 amide bonds. The first-order valence-corrected chi connectivity index (χ1v) is 11.0. The molecule has 1 aliphatic heterocycles. The van der Waals surface area contributed by atoms with Crippen molar-refractivity contribution in [2.75, 3.05) is 31.5 Å². The Kier molecular flexibility index (Phi) is 8.30. The van der Waals surface area contributed by atoms with Gasteiger partial charge in [0.1, 0.15) is 5.60 Å². The van der Waals surface area contributed by atoms with Gasteiger partial charge in [-0.3, -0.25) is 9.69 Å². The third-order valence-electron chi connectivity index (χ3n) is 5.33. The number of carbonyl (C=O) groups is 2. The number of ether oxygens (including phenoxy) is 1. The largest absolute Gasteiger partial charge is 0.444 e. The predicted octanol–water partition coefficient (Wildman–Crippen LogP) is 4.60. The van der Waals surface area contributed by atoms with Crippen LogP contribution < -0.4 is 5.32 Å². The molecule has 0 saturated carbocycles. The van der Waals surface area contributed by atoms with Gasteiger partial charge in [0.05, 0.1) is 6.54 Å². The summed E-state index contributed by atoms with van der Waals surface area (Å²) in [4.78, 5) is 29.2. The first-order valence-electron chi connectivity index (χ1n) is 11.0. The molecule has 2 rings (SSSR count). The average Bonchev–Trinajstić information content (AvgIpc) is 2.60. The Hall–Kier alpha value is -2.08. The zero-order valence-corrected chi connectivity index (χ0v) is 19.7. The van der Waals surface area contributed by atoms with Gasteiger partial charge in [0.15, 0.2) is 0 Å². The number of amides is 2. The highest BCUT2D eigenvalue weighted by Crippen LogP contribution is 2.21. The molecule has 1 aliphatic rings. The Balaban J connectivity index is 1.92. The van der Waals surface area contributed by atoms with Crippen LogP contribution in [-0.2, 0) is 9.53 Å². The summed E-state index contributed by atoms with van der Waals surface area (Å²) in [6.07, 6.45) is 1.82. The number of nitrogens with one attached hydrogen (secondary N) is 1. The van der Waals surface area contributed by atoms with Gasteiger partial charge in [-0.05, 0) is 85.4 Å². The number of likely N-dealkylation sites (tertiary alicyclic amines) is 1. The molecule has 1 heterocycles. The van der Waals surface area contributed by atoms with Crippen LogP contribution in [0.1, 0.15) is 58.6 Å². The van der Waals surface area contributed by atoms with E-state index in [9.17, 15) is 9.59 Å². The van der Waals surface area contributed by atoms with E-state index in [-0.39, 0.29) is 18.0 Å². The molecule has 1 saturated heterocycles. The highest BCUT2D eigenvalue weighted by atomic mass is 16.6. The molecule has 1 fully saturated rings. The zero-order chi connectivity index (χ0) is 22.5. The van der Waals surface area contributed by atoms with E-state index in [0.717, 1.165) is 37.2 Å². The van der Waals surface area contributed by atoms with Crippen LogP contribution in [0.25, 0.3) is 0 Å². The Morgan fingerprint density at radius 2 is 1.97 bits per heavy atom. The number of benzene rings is 1. The quantitative estimate of drug-likeness (QED) is 0.735. The molecule has 0 bridgehead atoms. The maximum absolute atomic E-state index is 12.6. The first kappa shape index (κ1) is 24.2. The summed E-state index contributed by atoms with van der Waals surface area (Å²) in [7, 11) is 0. The van der Waals surface area contributed by atoms with Gasteiger partial charge in [-0.2, -0.15) is 0 Å². The van der Waals surface area contributed by atoms with Crippen LogP contribution >= 0.6 is 0 Å². The molecule has 168 valence electrons.